The molecule has 0 bridgehead atoms. The van der Waals surface area contributed by atoms with Crippen LogP contribution in [0.4, 0.5) is 14.4 Å². The first kappa shape index (κ1) is 21.7. The third-order valence-corrected chi connectivity index (χ3v) is 2.71. The predicted octanol–water partition coefficient (Wildman–Crippen LogP) is -1.01. The second-order valence-corrected chi connectivity index (χ2v) is 4.74. The van der Waals surface area contributed by atoms with E-state index in [-0.39, 0.29) is 32.9 Å². The molecule has 140 valence electrons. The second kappa shape index (κ2) is 14.3. The molecule has 0 aromatic carbocycles. The standard InChI is InChI=1S/C13H27N5O6/c14-4-2-1-3-10(18-13(21)23-7-5-15)9-24-12(20)17-6-8-22-11(16)19/h10H,1-9,14-15H2,(H2,16,19)(H,17,20)(H,18,21). The monoisotopic (exact) mass is 349 g/mol. The van der Waals surface area contributed by atoms with Crippen molar-refractivity contribution >= 4 is 18.3 Å². The number of amides is 3. The lowest BCUT2D eigenvalue weighted by atomic mass is 10.1. The summed E-state index contributed by atoms with van der Waals surface area (Å²) in [6.07, 6.45) is -0.137. The smallest absolute Gasteiger partial charge is 0.407 e. The lowest BCUT2D eigenvalue weighted by Crippen LogP contribution is -2.41. The third-order valence-electron chi connectivity index (χ3n) is 2.71. The molecule has 0 aliphatic heterocycles. The maximum Gasteiger partial charge on any atom is 0.407 e. The van der Waals surface area contributed by atoms with Crippen molar-refractivity contribution in [1.82, 2.24) is 10.6 Å². The molecule has 0 saturated carbocycles. The maximum atomic E-state index is 11.5. The van der Waals surface area contributed by atoms with Gasteiger partial charge in [-0.3, -0.25) is 0 Å². The first-order chi connectivity index (χ1) is 11.5. The molecule has 0 fully saturated rings. The van der Waals surface area contributed by atoms with Gasteiger partial charge in [-0.1, -0.05) is 6.42 Å². The molecule has 0 spiro atoms. The van der Waals surface area contributed by atoms with Crippen molar-refractivity contribution in [3.05, 3.63) is 0 Å². The highest BCUT2D eigenvalue weighted by Gasteiger charge is 2.15. The molecule has 1 atom stereocenters. The minimum atomic E-state index is -0.926. The number of carbonyl (C=O) groups is 3. The summed E-state index contributed by atoms with van der Waals surface area (Å²) in [5, 5.41) is 4.97. The van der Waals surface area contributed by atoms with Crippen molar-refractivity contribution < 1.29 is 28.6 Å². The summed E-state index contributed by atoms with van der Waals surface area (Å²) in [6, 6.07) is -0.408. The Morgan fingerprint density at radius 1 is 0.917 bits per heavy atom. The summed E-state index contributed by atoms with van der Waals surface area (Å²) in [4.78, 5) is 33.4. The Bertz CT molecular complexity index is 382. The highest BCUT2D eigenvalue weighted by Crippen LogP contribution is 2.02. The van der Waals surface area contributed by atoms with Crippen molar-refractivity contribution in [3.8, 4) is 0 Å². The number of nitrogens with two attached hydrogens (primary N) is 3. The van der Waals surface area contributed by atoms with Crippen LogP contribution in [0.1, 0.15) is 19.3 Å². The zero-order valence-corrected chi connectivity index (χ0v) is 13.6. The number of hydrogen-bond acceptors (Lipinski definition) is 8. The summed E-state index contributed by atoms with van der Waals surface area (Å²) in [5.74, 6) is 0. The lowest BCUT2D eigenvalue weighted by molar-refractivity contribution is 0.114. The van der Waals surface area contributed by atoms with Crippen LogP contribution in [0.5, 0.6) is 0 Å². The van der Waals surface area contributed by atoms with Gasteiger partial charge in [0, 0.05) is 6.54 Å². The van der Waals surface area contributed by atoms with Gasteiger partial charge in [-0.2, -0.15) is 0 Å². The van der Waals surface area contributed by atoms with Crippen molar-refractivity contribution in [2.75, 3.05) is 39.5 Å². The van der Waals surface area contributed by atoms with E-state index in [9.17, 15) is 14.4 Å². The SMILES string of the molecule is NCCCCC(COC(=O)NCCOC(N)=O)NC(=O)OCCN. The predicted molar refractivity (Wildman–Crippen MR) is 85.1 cm³/mol. The fourth-order valence-electron chi connectivity index (χ4n) is 1.62. The molecular formula is C13H27N5O6. The highest BCUT2D eigenvalue weighted by molar-refractivity contribution is 5.68. The quantitative estimate of drug-likeness (QED) is 0.219. The molecule has 0 rings (SSSR count). The maximum absolute atomic E-state index is 11.5. The van der Waals surface area contributed by atoms with E-state index in [1.165, 1.54) is 0 Å². The molecule has 24 heavy (non-hydrogen) atoms. The fraction of sp³-hybridized carbons (Fsp3) is 0.769. The van der Waals surface area contributed by atoms with Crippen molar-refractivity contribution in [3.63, 3.8) is 0 Å². The van der Waals surface area contributed by atoms with Gasteiger partial charge in [0.25, 0.3) is 0 Å². The van der Waals surface area contributed by atoms with Crippen molar-refractivity contribution in [2.45, 2.75) is 25.3 Å². The molecular weight excluding hydrogens is 322 g/mol. The van der Waals surface area contributed by atoms with Crippen LogP contribution < -0.4 is 27.8 Å². The Morgan fingerprint density at radius 3 is 2.29 bits per heavy atom. The van der Waals surface area contributed by atoms with Crippen LogP contribution in [-0.4, -0.2) is 63.8 Å². The minimum Gasteiger partial charge on any atom is -0.448 e. The Hall–Kier alpha value is -2.27. The average Bonchev–Trinajstić information content (AvgIpc) is 2.54. The molecule has 8 N–H and O–H groups in total. The normalized spacial score (nSPS) is 11.2. The number of nitrogens with one attached hydrogen (secondary N) is 2. The number of alkyl carbamates (subject to hydrolysis) is 2. The molecule has 0 heterocycles. The number of ether oxygens (including phenoxy) is 3. The van der Waals surface area contributed by atoms with Crippen molar-refractivity contribution in [1.29, 1.82) is 0 Å². The van der Waals surface area contributed by atoms with Gasteiger partial charge in [0.15, 0.2) is 0 Å². The number of unbranched alkanes of at least 4 members (excludes halogenated alkanes) is 1. The van der Waals surface area contributed by atoms with Crippen LogP contribution in [0.15, 0.2) is 0 Å². The molecule has 0 aliphatic carbocycles. The summed E-state index contributed by atoms with van der Waals surface area (Å²) in [6.45, 7) is 0.816. The molecule has 0 aliphatic rings. The first-order valence-corrected chi connectivity index (χ1v) is 7.65. The Labute approximate surface area is 140 Å². The van der Waals surface area contributed by atoms with Crippen LogP contribution in [0, 0.1) is 0 Å². The van der Waals surface area contributed by atoms with Gasteiger partial charge in [0.05, 0.1) is 12.6 Å². The molecule has 11 heteroatoms. The van der Waals surface area contributed by atoms with Crippen LogP contribution in [0.2, 0.25) is 0 Å². The molecule has 0 radical (unpaired) electrons. The van der Waals surface area contributed by atoms with Crippen LogP contribution in [0.3, 0.4) is 0 Å². The third kappa shape index (κ3) is 13.4. The van der Waals surface area contributed by atoms with Gasteiger partial charge in [0.1, 0.15) is 19.8 Å². The van der Waals surface area contributed by atoms with E-state index in [0.29, 0.717) is 13.0 Å². The van der Waals surface area contributed by atoms with Gasteiger partial charge in [-0.25, -0.2) is 14.4 Å². The molecule has 3 amide bonds. The van der Waals surface area contributed by atoms with Gasteiger partial charge in [0.2, 0.25) is 0 Å². The van der Waals surface area contributed by atoms with E-state index in [4.69, 9.17) is 26.7 Å². The summed E-state index contributed by atoms with van der Waals surface area (Å²) in [5.41, 5.74) is 15.4. The zero-order valence-electron chi connectivity index (χ0n) is 13.6. The van der Waals surface area contributed by atoms with E-state index in [2.05, 4.69) is 15.4 Å². The number of rotatable bonds is 12. The fourth-order valence-corrected chi connectivity index (χ4v) is 1.62. The lowest BCUT2D eigenvalue weighted by Gasteiger charge is -2.18. The number of hydrogen-bond donors (Lipinski definition) is 5. The van der Waals surface area contributed by atoms with E-state index in [0.717, 1.165) is 12.8 Å². The average molecular weight is 349 g/mol. The van der Waals surface area contributed by atoms with Crippen LogP contribution in [0.25, 0.3) is 0 Å². The van der Waals surface area contributed by atoms with Crippen molar-refractivity contribution in [2.24, 2.45) is 17.2 Å². The Kier molecular flexibility index (Phi) is 13.0. The van der Waals surface area contributed by atoms with E-state index < -0.39 is 24.3 Å². The Balaban J connectivity index is 4.10. The number of carbonyl (C=O) groups excluding carboxylic acids is 3. The van der Waals surface area contributed by atoms with Gasteiger partial charge in [-0.05, 0) is 19.4 Å². The topological polar surface area (TPSA) is 181 Å². The van der Waals surface area contributed by atoms with E-state index in [1.54, 1.807) is 0 Å². The van der Waals surface area contributed by atoms with Crippen LogP contribution in [-0.2, 0) is 14.2 Å². The van der Waals surface area contributed by atoms with Crippen LogP contribution >= 0.6 is 0 Å². The number of primary amides is 1. The Morgan fingerprint density at radius 2 is 1.67 bits per heavy atom. The molecule has 0 aromatic heterocycles. The van der Waals surface area contributed by atoms with E-state index >= 15 is 0 Å². The highest BCUT2D eigenvalue weighted by atomic mass is 16.6. The summed E-state index contributed by atoms with van der Waals surface area (Å²) < 4.78 is 14.3. The van der Waals surface area contributed by atoms with Gasteiger partial charge in [-0.15, -0.1) is 0 Å². The molecule has 1 unspecified atom stereocenters. The molecule has 11 nitrogen and oxygen atoms in total. The molecule has 0 saturated heterocycles. The second-order valence-electron chi connectivity index (χ2n) is 4.74. The van der Waals surface area contributed by atoms with E-state index in [1.807, 2.05) is 0 Å². The van der Waals surface area contributed by atoms with Gasteiger partial charge < -0.3 is 42.0 Å². The minimum absolute atomic E-state index is 0.0369. The van der Waals surface area contributed by atoms with Gasteiger partial charge >= 0.3 is 18.3 Å². The summed E-state index contributed by atoms with van der Waals surface area (Å²) >= 11 is 0. The zero-order chi connectivity index (χ0) is 18.2. The molecule has 0 aromatic rings. The largest absolute Gasteiger partial charge is 0.448 e. The summed E-state index contributed by atoms with van der Waals surface area (Å²) in [7, 11) is 0. The first-order valence-electron chi connectivity index (χ1n) is 7.65.